The van der Waals surface area contributed by atoms with Gasteiger partial charge in [-0.2, -0.15) is 0 Å². The average molecular weight is 287 g/mol. The van der Waals surface area contributed by atoms with E-state index in [9.17, 15) is 4.79 Å². The summed E-state index contributed by atoms with van der Waals surface area (Å²) >= 11 is 6.16. The molecular weight excluding hydrogens is 276 g/mol. The van der Waals surface area contributed by atoms with Gasteiger partial charge in [-0.3, -0.25) is 0 Å². The number of benzene rings is 2. The molecule has 0 spiro atoms. The van der Waals surface area contributed by atoms with Gasteiger partial charge < -0.3 is 9.67 Å². The van der Waals surface area contributed by atoms with E-state index in [2.05, 4.69) is 4.98 Å². The summed E-state index contributed by atoms with van der Waals surface area (Å²) in [6.45, 7) is 0.555. The topological polar surface area (TPSA) is 55.1 Å². The number of nitrogens with zero attached hydrogens (tertiary/aromatic N) is 2. The molecule has 20 heavy (non-hydrogen) atoms. The first-order valence-corrected chi connectivity index (χ1v) is 6.46. The number of imidazole rings is 1. The van der Waals surface area contributed by atoms with E-state index in [1.165, 1.54) is 0 Å². The van der Waals surface area contributed by atoms with Crippen LogP contribution in [0.25, 0.3) is 11.0 Å². The van der Waals surface area contributed by atoms with Crippen LogP contribution < -0.4 is 0 Å². The van der Waals surface area contributed by atoms with Crippen LogP contribution in [0.1, 0.15) is 15.9 Å². The number of rotatable bonds is 3. The minimum absolute atomic E-state index is 0.273. The quantitative estimate of drug-likeness (QED) is 0.802. The number of carbonyl (C=O) groups is 1. The minimum atomic E-state index is -0.928. The second-order valence-corrected chi connectivity index (χ2v) is 4.80. The van der Waals surface area contributed by atoms with Crippen molar-refractivity contribution >= 4 is 28.6 Å². The molecule has 1 N–H and O–H groups in total. The first-order chi connectivity index (χ1) is 9.65. The van der Waals surface area contributed by atoms with Gasteiger partial charge in [0.05, 0.1) is 23.1 Å². The zero-order valence-corrected chi connectivity index (χ0v) is 11.2. The van der Waals surface area contributed by atoms with Gasteiger partial charge in [-0.05, 0) is 41.4 Å². The molecule has 0 unspecified atom stereocenters. The standard InChI is InChI=1S/C15H11ClN2O2/c16-15-17-12-3-1-2-4-13(12)18(15)9-10-5-7-11(8-6-10)14(19)20/h1-8H,9H2,(H,19,20). The highest BCUT2D eigenvalue weighted by atomic mass is 35.5. The molecule has 0 bridgehead atoms. The molecule has 0 radical (unpaired) electrons. The van der Waals surface area contributed by atoms with Gasteiger partial charge in [0, 0.05) is 0 Å². The molecule has 0 aliphatic rings. The van der Waals surface area contributed by atoms with E-state index in [4.69, 9.17) is 16.7 Å². The second-order valence-electron chi connectivity index (χ2n) is 4.46. The SMILES string of the molecule is O=C(O)c1ccc(Cn2c(Cl)nc3ccccc32)cc1. The van der Waals surface area contributed by atoms with Gasteiger partial charge in [0.25, 0.3) is 0 Å². The molecule has 3 aromatic rings. The summed E-state index contributed by atoms with van der Waals surface area (Å²) in [7, 11) is 0. The fourth-order valence-corrected chi connectivity index (χ4v) is 2.37. The summed E-state index contributed by atoms with van der Waals surface area (Å²) in [5, 5.41) is 9.31. The lowest BCUT2D eigenvalue weighted by Gasteiger charge is -2.06. The maximum atomic E-state index is 10.8. The van der Waals surface area contributed by atoms with Gasteiger partial charge in [-0.15, -0.1) is 0 Å². The maximum absolute atomic E-state index is 10.8. The Bertz CT molecular complexity index is 778. The van der Waals surface area contributed by atoms with Gasteiger partial charge in [0.2, 0.25) is 5.28 Å². The zero-order chi connectivity index (χ0) is 14.1. The van der Waals surface area contributed by atoms with Crippen LogP contribution in [-0.2, 0) is 6.54 Å². The van der Waals surface area contributed by atoms with E-state index < -0.39 is 5.97 Å². The second kappa shape index (κ2) is 4.98. The summed E-state index contributed by atoms with van der Waals surface area (Å²) in [5.41, 5.74) is 3.05. The Kier molecular flexibility index (Phi) is 3.16. The number of halogens is 1. The van der Waals surface area contributed by atoms with Crippen molar-refractivity contribution in [2.45, 2.75) is 6.54 Å². The predicted molar refractivity (Wildman–Crippen MR) is 77.2 cm³/mol. The molecule has 1 aromatic heterocycles. The van der Waals surface area contributed by atoms with E-state index in [1.807, 2.05) is 28.8 Å². The molecule has 0 saturated heterocycles. The van der Waals surface area contributed by atoms with Gasteiger partial charge >= 0.3 is 5.97 Å². The van der Waals surface area contributed by atoms with Crippen molar-refractivity contribution in [3.8, 4) is 0 Å². The molecule has 0 atom stereocenters. The third-order valence-corrected chi connectivity index (χ3v) is 3.44. The highest BCUT2D eigenvalue weighted by Gasteiger charge is 2.09. The van der Waals surface area contributed by atoms with E-state index in [0.29, 0.717) is 11.8 Å². The molecule has 0 aliphatic carbocycles. The number of carboxylic acids is 1. The predicted octanol–water partition coefficient (Wildman–Crippen LogP) is 3.44. The summed E-state index contributed by atoms with van der Waals surface area (Å²) in [5.74, 6) is -0.928. The Balaban J connectivity index is 1.96. The number of hydrogen-bond donors (Lipinski definition) is 1. The molecule has 0 saturated carbocycles. The number of fused-ring (bicyclic) bond motifs is 1. The molecule has 4 nitrogen and oxygen atoms in total. The highest BCUT2D eigenvalue weighted by molar-refractivity contribution is 6.29. The van der Waals surface area contributed by atoms with Crippen molar-refractivity contribution in [2.75, 3.05) is 0 Å². The third-order valence-electron chi connectivity index (χ3n) is 3.15. The molecule has 5 heteroatoms. The maximum Gasteiger partial charge on any atom is 0.335 e. The molecule has 3 rings (SSSR count). The van der Waals surface area contributed by atoms with Crippen LogP contribution >= 0.6 is 11.6 Å². The number of aromatic carboxylic acids is 1. The van der Waals surface area contributed by atoms with Gasteiger partial charge in [0.15, 0.2) is 0 Å². The average Bonchev–Trinajstić information content (AvgIpc) is 2.76. The van der Waals surface area contributed by atoms with Crippen LogP contribution in [0.2, 0.25) is 5.28 Å². The normalized spacial score (nSPS) is 10.8. The fraction of sp³-hybridized carbons (Fsp3) is 0.0667. The van der Waals surface area contributed by atoms with Crippen molar-refractivity contribution < 1.29 is 9.90 Å². The lowest BCUT2D eigenvalue weighted by atomic mass is 10.1. The molecule has 0 aliphatic heterocycles. The Labute approximate surface area is 120 Å². The van der Waals surface area contributed by atoms with Crippen LogP contribution in [0, 0.1) is 0 Å². The lowest BCUT2D eigenvalue weighted by Crippen LogP contribution is -2.01. The van der Waals surface area contributed by atoms with E-state index in [1.54, 1.807) is 24.3 Å². The van der Waals surface area contributed by atoms with Crippen LogP contribution in [0.4, 0.5) is 0 Å². The molecule has 1 heterocycles. The fourth-order valence-electron chi connectivity index (χ4n) is 2.13. The van der Waals surface area contributed by atoms with Gasteiger partial charge in [0.1, 0.15) is 0 Å². The van der Waals surface area contributed by atoms with E-state index in [-0.39, 0.29) is 5.56 Å². The van der Waals surface area contributed by atoms with Gasteiger partial charge in [-0.25, -0.2) is 9.78 Å². The number of aromatic nitrogens is 2. The van der Waals surface area contributed by atoms with Crippen molar-refractivity contribution in [3.63, 3.8) is 0 Å². The molecule has 2 aromatic carbocycles. The minimum Gasteiger partial charge on any atom is -0.478 e. The van der Waals surface area contributed by atoms with Crippen LogP contribution in [0.3, 0.4) is 0 Å². The van der Waals surface area contributed by atoms with E-state index >= 15 is 0 Å². The van der Waals surface area contributed by atoms with Gasteiger partial charge in [-0.1, -0.05) is 24.3 Å². The summed E-state index contributed by atoms with van der Waals surface area (Å²) in [6.07, 6.45) is 0. The number of hydrogen-bond acceptors (Lipinski definition) is 2. The first-order valence-electron chi connectivity index (χ1n) is 6.08. The molecule has 0 fully saturated rings. The highest BCUT2D eigenvalue weighted by Crippen LogP contribution is 2.21. The van der Waals surface area contributed by atoms with Crippen LogP contribution in [0.5, 0.6) is 0 Å². The van der Waals surface area contributed by atoms with Crippen molar-refractivity contribution in [3.05, 3.63) is 64.9 Å². The Morgan fingerprint density at radius 1 is 1.15 bits per heavy atom. The van der Waals surface area contributed by atoms with Crippen molar-refractivity contribution in [1.29, 1.82) is 0 Å². The zero-order valence-electron chi connectivity index (χ0n) is 10.5. The largest absolute Gasteiger partial charge is 0.478 e. The smallest absolute Gasteiger partial charge is 0.335 e. The Morgan fingerprint density at radius 3 is 2.55 bits per heavy atom. The third kappa shape index (κ3) is 2.26. The number of carboxylic acid groups (broad SMARTS) is 1. The monoisotopic (exact) mass is 286 g/mol. The molecule has 100 valence electrons. The van der Waals surface area contributed by atoms with Crippen LogP contribution in [-0.4, -0.2) is 20.6 Å². The van der Waals surface area contributed by atoms with Crippen molar-refractivity contribution in [1.82, 2.24) is 9.55 Å². The molecule has 0 amide bonds. The Morgan fingerprint density at radius 2 is 1.85 bits per heavy atom. The summed E-state index contributed by atoms with van der Waals surface area (Å²) < 4.78 is 1.90. The summed E-state index contributed by atoms with van der Waals surface area (Å²) in [6, 6.07) is 14.5. The number of para-hydroxylation sites is 2. The first kappa shape index (κ1) is 12.7. The van der Waals surface area contributed by atoms with E-state index in [0.717, 1.165) is 16.6 Å². The lowest BCUT2D eigenvalue weighted by molar-refractivity contribution is 0.0697. The summed E-state index contributed by atoms with van der Waals surface area (Å²) in [4.78, 5) is 15.1. The van der Waals surface area contributed by atoms with Crippen LogP contribution in [0.15, 0.2) is 48.5 Å². The van der Waals surface area contributed by atoms with Crippen molar-refractivity contribution in [2.24, 2.45) is 0 Å². The molecular formula is C15H11ClN2O2. The Hall–Kier alpha value is -2.33.